The summed E-state index contributed by atoms with van der Waals surface area (Å²) in [6.45, 7) is 0.157. The largest absolute Gasteiger partial charge is 0.387 e. The molecular formula is C24H22N4O2. The Morgan fingerprint density at radius 2 is 1.77 bits per heavy atom. The lowest BCUT2D eigenvalue weighted by atomic mass is 9.96. The third-order valence-electron chi connectivity index (χ3n) is 4.97. The van der Waals surface area contributed by atoms with Crippen molar-refractivity contribution >= 4 is 16.8 Å². The van der Waals surface area contributed by atoms with E-state index < -0.39 is 12.5 Å². The van der Waals surface area contributed by atoms with Crippen molar-refractivity contribution < 1.29 is 9.90 Å². The molecule has 0 bridgehead atoms. The molecule has 2 aromatic carbocycles. The van der Waals surface area contributed by atoms with E-state index in [4.69, 9.17) is 15.8 Å². The number of nitrogens with one attached hydrogen (secondary N) is 1. The second kappa shape index (κ2) is 8.82. The standard InChI is InChI=1S/C24H22N4O2/c25-13-16-6-8-18(9-7-16)24-19(17-4-2-1-3-5-17)12-20-21(28-24)10-11-26-22(20)14-27-23(30)15-29/h1-12,29H,13-15,25H2,(H,27,30). The molecule has 30 heavy (non-hydrogen) atoms. The van der Waals surface area contributed by atoms with E-state index in [-0.39, 0.29) is 6.54 Å². The zero-order valence-electron chi connectivity index (χ0n) is 16.4. The molecule has 0 aliphatic carbocycles. The van der Waals surface area contributed by atoms with Crippen molar-refractivity contribution in [2.24, 2.45) is 5.73 Å². The van der Waals surface area contributed by atoms with E-state index in [1.807, 2.05) is 60.7 Å². The number of fused-ring (bicyclic) bond motifs is 1. The number of hydrogen-bond acceptors (Lipinski definition) is 5. The molecule has 0 radical (unpaired) electrons. The smallest absolute Gasteiger partial charge is 0.246 e. The summed E-state index contributed by atoms with van der Waals surface area (Å²) in [5.41, 5.74) is 12.2. The highest BCUT2D eigenvalue weighted by molar-refractivity contribution is 5.92. The molecule has 4 aromatic rings. The van der Waals surface area contributed by atoms with E-state index >= 15 is 0 Å². The number of aromatic nitrogens is 2. The maximum absolute atomic E-state index is 11.5. The summed E-state index contributed by atoms with van der Waals surface area (Å²) in [4.78, 5) is 20.9. The molecular weight excluding hydrogens is 376 g/mol. The molecule has 0 spiro atoms. The summed E-state index contributed by atoms with van der Waals surface area (Å²) in [7, 11) is 0. The topological polar surface area (TPSA) is 101 Å². The average molecular weight is 398 g/mol. The van der Waals surface area contributed by atoms with Gasteiger partial charge in [0, 0.05) is 29.3 Å². The third-order valence-corrected chi connectivity index (χ3v) is 4.97. The van der Waals surface area contributed by atoms with Gasteiger partial charge in [0.25, 0.3) is 0 Å². The van der Waals surface area contributed by atoms with Crippen LogP contribution >= 0.6 is 0 Å². The predicted octanol–water partition coefficient (Wildman–Crippen LogP) is 3.03. The molecule has 1 amide bonds. The number of aliphatic hydroxyl groups excluding tert-OH is 1. The highest BCUT2D eigenvalue weighted by Gasteiger charge is 2.14. The number of rotatable bonds is 6. The lowest BCUT2D eigenvalue weighted by Gasteiger charge is -2.14. The minimum absolute atomic E-state index is 0.219. The molecule has 4 N–H and O–H groups in total. The van der Waals surface area contributed by atoms with Gasteiger partial charge in [-0.05, 0) is 23.3 Å². The van der Waals surface area contributed by atoms with Crippen LogP contribution in [0.3, 0.4) is 0 Å². The maximum atomic E-state index is 11.5. The van der Waals surface area contributed by atoms with Crippen LogP contribution in [0.15, 0.2) is 72.9 Å². The van der Waals surface area contributed by atoms with Gasteiger partial charge in [0.1, 0.15) is 6.61 Å². The number of nitrogens with zero attached hydrogens (tertiary/aromatic N) is 2. The number of amides is 1. The fraction of sp³-hybridized carbons (Fsp3) is 0.125. The van der Waals surface area contributed by atoms with E-state index in [0.29, 0.717) is 12.2 Å². The summed E-state index contributed by atoms with van der Waals surface area (Å²) < 4.78 is 0. The van der Waals surface area contributed by atoms with Crippen molar-refractivity contribution in [3.63, 3.8) is 0 Å². The van der Waals surface area contributed by atoms with Gasteiger partial charge >= 0.3 is 0 Å². The number of benzene rings is 2. The number of carbonyl (C=O) groups excluding carboxylic acids is 1. The van der Waals surface area contributed by atoms with Gasteiger partial charge in [-0.25, -0.2) is 4.98 Å². The summed E-state index contributed by atoms with van der Waals surface area (Å²) in [5.74, 6) is -0.443. The van der Waals surface area contributed by atoms with Crippen LogP contribution in [0.2, 0.25) is 0 Å². The Morgan fingerprint density at radius 1 is 1.00 bits per heavy atom. The Balaban J connectivity index is 1.89. The first-order valence-electron chi connectivity index (χ1n) is 9.70. The van der Waals surface area contributed by atoms with E-state index in [9.17, 15) is 4.79 Å². The van der Waals surface area contributed by atoms with Gasteiger partial charge in [0.15, 0.2) is 0 Å². The van der Waals surface area contributed by atoms with Gasteiger partial charge in [0.05, 0.1) is 23.4 Å². The second-order valence-corrected chi connectivity index (χ2v) is 6.91. The number of hydrogen-bond donors (Lipinski definition) is 3. The van der Waals surface area contributed by atoms with Crippen LogP contribution in [0.4, 0.5) is 0 Å². The zero-order valence-corrected chi connectivity index (χ0v) is 16.4. The second-order valence-electron chi connectivity index (χ2n) is 6.91. The molecule has 4 rings (SSSR count). The van der Waals surface area contributed by atoms with Crippen LogP contribution in [0, 0.1) is 0 Å². The van der Waals surface area contributed by atoms with Gasteiger partial charge in [-0.15, -0.1) is 0 Å². The van der Waals surface area contributed by atoms with E-state index in [0.717, 1.165) is 38.9 Å². The molecule has 0 atom stereocenters. The Morgan fingerprint density at radius 3 is 2.47 bits per heavy atom. The van der Waals surface area contributed by atoms with Crippen molar-refractivity contribution in [3.05, 3.63) is 84.2 Å². The monoisotopic (exact) mass is 398 g/mol. The van der Waals surface area contributed by atoms with Gasteiger partial charge in [-0.3, -0.25) is 9.78 Å². The van der Waals surface area contributed by atoms with Crippen molar-refractivity contribution in [2.45, 2.75) is 13.1 Å². The first kappa shape index (κ1) is 19.7. The lowest BCUT2D eigenvalue weighted by molar-refractivity contribution is -0.123. The molecule has 0 aliphatic rings. The molecule has 0 saturated heterocycles. The summed E-state index contributed by atoms with van der Waals surface area (Å²) in [6.07, 6.45) is 1.68. The minimum atomic E-state index is -0.554. The highest BCUT2D eigenvalue weighted by Crippen LogP contribution is 2.34. The summed E-state index contributed by atoms with van der Waals surface area (Å²) in [5, 5.41) is 12.5. The predicted molar refractivity (Wildman–Crippen MR) is 117 cm³/mol. The zero-order chi connectivity index (χ0) is 20.9. The first-order chi connectivity index (χ1) is 14.7. The Kier molecular flexibility index (Phi) is 5.79. The summed E-state index contributed by atoms with van der Waals surface area (Å²) >= 11 is 0. The van der Waals surface area contributed by atoms with Gasteiger partial charge in [-0.2, -0.15) is 0 Å². The third kappa shape index (κ3) is 4.05. The van der Waals surface area contributed by atoms with Crippen LogP contribution < -0.4 is 11.1 Å². The van der Waals surface area contributed by atoms with Crippen molar-refractivity contribution in [2.75, 3.05) is 6.61 Å². The normalized spacial score (nSPS) is 10.9. The van der Waals surface area contributed by atoms with Crippen LogP contribution in [-0.2, 0) is 17.9 Å². The quantitative estimate of drug-likeness (QED) is 0.463. The van der Waals surface area contributed by atoms with E-state index in [1.165, 1.54) is 0 Å². The van der Waals surface area contributed by atoms with Crippen LogP contribution in [-0.4, -0.2) is 27.6 Å². The molecule has 0 saturated carbocycles. The van der Waals surface area contributed by atoms with E-state index in [2.05, 4.69) is 16.4 Å². The number of pyridine rings is 2. The first-order valence-corrected chi connectivity index (χ1v) is 9.70. The Labute approximate surface area is 174 Å². The maximum Gasteiger partial charge on any atom is 0.246 e. The van der Waals surface area contributed by atoms with Gasteiger partial charge in [-0.1, -0.05) is 54.6 Å². The van der Waals surface area contributed by atoms with Gasteiger partial charge < -0.3 is 16.2 Å². The molecule has 150 valence electrons. The van der Waals surface area contributed by atoms with Crippen molar-refractivity contribution in [3.8, 4) is 22.4 Å². The number of aliphatic hydroxyl groups is 1. The SMILES string of the molecule is NCc1ccc(-c2nc3ccnc(CNC(=O)CO)c3cc2-c2ccccc2)cc1. The van der Waals surface area contributed by atoms with Crippen LogP contribution in [0.25, 0.3) is 33.3 Å². The molecule has 6 heteroatoms. The minimum Gasteiger partial charge on any atom is -0.387 e. The molecule has 6 nitrogen and oxygen atoms in total. The van der Waals surface area contributed by atoms with Crippen molar-refractivity contribution in [1.29, 1.82) is 0 Å². The Hall–Kier alpha value is -3.61. The summed E-state index contributed by atoms with van der Waals surface area (Å²) in [6, 6.07) is 22.1. The fourth-order valence-electron chi connectivity index (χ4n) is 3.39. The lowest BCUT2D eigenvalue weighted by Crippen LogP contribution is -2.26. The molecule has 0 unspecified atom stereocenters. The average Bonchev–Trinajstić information content (AvgIpc) is 2.82. The molecule has 0 aliphatic heterocycles. The van der Waals surface area contributed by atoms with Crippen LogP contribution in [0.5, 0.6) is 0 Å². The fourth-order valence-corrected chi connectivity index (χ4v) is 3.39. The number of nitrogens with two attached hydrogens (primary N) is 1. The van der Waals surface area contributed by atoms with Crippen LogP contribution in [0.1, 0.15) is 11.3 Å². The van der Waals surface area contributed by atoms with Gasteiger partial charge in [0.2, 0.25) is 5.91 Å². The highest BCUT2D eigenvalue weighted by atomic mass is 16.3. The van der Waals surface area contributed by atoms with E-state index in [1.54, 1.807) is 6.20 Å². The number of carbonyl (C=O) groups is 1. The van der Waals surface area contributed by atoms with Crippen molar-refractivity contribution in [1.82, 2.24) is 15.3 Å². The molecule has 0 fully saturated rings. The molecule has 2 aromatic heterocycles. The Bertz CT molecular complexity index is 1180. The molecule has 2 heterocycles.